The molecule has 2 heteroatoms. The number of hydrogen-bond acceptors (Lipinski definition) is 2. The lowest BCUT2D eigenvalue weighted by Gasteiger charge is -2.29. The molecule has 0 fully saturated rings. The minimum atomic E-state index is 0.536. The highest BCUT2D eigenvalue weighted by Gasteiger charge is 2.27. The molecule has 1 heterocycles. The first-order valence-corrected chi connectivity index (χ1v) is 7.10. The van der Waals surface area contributed by atoms with Crippen LogP contribution in [0.25, 0.3) is 0 Å². The molecule has 0 spiro atoms. The zero-order valence-corrected chi connectivity index (χ0v) is 12.3. The molecule has 1 aliphatic rings. The zero-order valence-electron chi connectivity index (χ0n) is 12.3. The van der Waals surface area contributed by atoms with E-state index in [4.69, 9.17) is 0 Å². The van der Waals surface area contributed by atoms with Crippen LogP contribution in [0.15, 0.2) is 18.2 Å². The van der Waals surface area contributed by atoms with Gasteiger partial charge in [-0.3, -0.25) is 0 Å². The van der Waals surface area contributed by atoms with Crippen molar-refractivity contribution < 1.29 is 0 Å². The van der Waals surface area contributed by atoms with E-state index in [1.165, 1.54) is 23.2 Å². The van der Waals surface area contributed by atoms with Crippen molar-refractivity contribution in [2.45, 2.75) is 58.7 Å². The van der Waals surface area contributed by atoms with Crippen molar-refractivity contribution in [2.24, 2.45) is 0 Å². The highest BCUT2D eigenvalue weighted by atomic mass is 15.2. The van der Waals surface area contributed by atoms with Crippen LogP contribution in [0.2, 0.25) is 0 Å². The molecule has 1 N–H and O–H groups in total. The molecule has 0 aromatic heterocycles. The molecule has 2 atom stereocenters. The zero-order chi connectivity index (χ0) is 13.3. The standard InChI is InChI=1S/C16H26N2/c1-11(2)18-13(4)9-15-7-6-14(10-16(15)18)8-12(3)17-5/h6-7,10-13,17H,8-9H2,1-5H3. The van der Waals surface area contributed by atoms with Gasteiger partial charge in [-0.25, -0.2) is 0 Å². The van der Waals surface area contributed by atoms with Gasteiger partial charge in [0.2, 0.25) is 0 Å². The van der Waals surface area contributed by atoms with Crippen molar-refractivity contribution in [1.82, 2.24) is 5.32 Å². The van der Waals surface area contributed by atoms with Crippen LogP contribution in [-0.4, -0.2) is 25.2 Å². The fraction of sp³-hybridized carbons (Fsp3) is 0.625. The molecule has 0 aliphatic carbocycles. The van der Waals surface area contributed by atoms with Crippen LogP contribution in [-0.2, 0) is 12.8 Å². The highest BCUT2D eigenvalue weighted by molar-refractivity contribution is 5.61. The Hall–Kier alpha value is -1.02. The fourth-order valence-electron chi connectivity index (χ4n) is 3.05. The predicted octanol–water partition coefficient (Wildman–Crippen LogP) is 3.00. The van der Waals surface area contributed by atoms with Crippen LogP contribution in [0, 0.1) is 0 Å². The van der Waals surface area contributed by atoms with Gasteiger partial charge in [-0.2, -0.15) is 0 Å². The monoisotopic (exact) mass is 246 g/mol. The molecule has 0 saturated heterocycles. The molecule has 0 radical (unpaired) electrons. The molecule has 2 unspecified atom stereocenters. The van der Waals surface area contributed by atoms with Crippen LogP contribution >= 0.6 is 0 Å². The third-order valence-corrected chi connectivity index (χ3v) is 4.01. The van der Waals surface area contributed by atoms with Gasteiger partial charge in [0.25, 0.3) is 0 Å². The minimum Gasteiger partial charge on any atom is -0.366 e. The van der Waals surface area contributed by atoms with Gasteiger partial charge in [-0.15, -0.1) is 0 Å². The van der Waals surface area contributed by atoms with Gasteiger partial charge in [-0.1, -0.05) is 12.1 Å². The van der Waals surface area contributed by atoms with E-state index < -0.39 is 0 Å². The van der Waals surface area contributed by atoms with Crippen molar-refractivity contribution in [3.05, 3.63) is 29.3 Å². The lowest BCUT2D eigenvalue weighted by molar-refractivity contribution is 0.602. The summed E-state index contributed by atoms with van der Waals surface area (Å²) in [6, 6.07) is 8.77. The number of likely N-dealkylation sites (N-methyl/N-ethyl adjacent to an activating group) is 1. The average molecular weight is 246 g/mol. The Balaban J connectivity index is 2.26. The van der Waals surface area contributed by atoms with Crippen LogP contribution in [0.3, 0.4) is 0 Å². The van der Waals surface area contributed by atoms with E-state index in [0.29, 0.717) is 18.1 Å². The molecule has 1 aromatic carbocycles. The summed E-state index contributed by atoms with van der Waals surface area (Å²) in [6.07, 6.45) is 2.29. The maximum atomic E-state index is 3.31. The summed E-state index contributed by atoms with van der Waals surface area (Å²) in [5.41, 5.74) is 4.41. The van der Waals surface area contributed by atoms with Crippen LogP contribution in [0.1, 0.15) is 38.8 Å². The maximum absolute atomic E-state index is 3.31. The number of fused-ring (bicyclic) bond motifs is 1. The van der Waals surface area contributed by atoms with E-state index in [0.717, 1.165) is 6.42 Å². The van der Waals surface area contributed by atoms with E-state index in [-0.39, 0.29) is 0 Å². The first kappa shape index (κ1) is 13.4. The van der Waals surface area contributed by atoms with Crippen LogP contribution < -0.4 is 10.2 Å². The number of rotatable bonds is 4. The van der Waals surface area contributed by atoms with E-state index in [2.05, 4.69) is 56.1 Å². The summed E-state index contributed by atoms with van der Waals surface area (Å²) < 4.78 is 0. The molecular formula is C16H26N2. The normalized spacial score (nSPS) is 20.3. The Morgan fingerprint density at radius 1 is 1.33 bits per heavy atom. The van der Waals surface area contributed by atoms with E-state index >= 15 is 0 Å². The molecule has 0 bridgehead atoms. The Morgan fingerprint density at radius 2 is 2.06 bits per heavy atom. The Bertz CT molecular complexity index is 412. The number of nitrogens with zero attached hydrogens (tertiary/aromatic N) is 1. The molecule has 100 valence electrons. The SMILES string of the molecule is CNC(C)Cc1ccc2c(c1)N(C(C)C)C(C)C2. The fourth-order valence-corrected chi connectivity index (χ4v) is 3.05. The van der Waals surface area contributed by atoms with Crippen molar-refractivity contribution in [3.8, 4) is 0 Å². The predicted molar refractivity (Wildman–Crippen MR) is 79.4 cm³/mol. The van der Waals surface area contributed by atoms with Gasteiger partial charge < -0.3 is 10.2 Å². The van der Waals surface area contributed by atoms with Gasteiger partial charge in [-0.05, 0) is 64.8 Å². The summed E-state index contributed by atoms with van der Waals surface area (Å²) in [5, 5.41) is 3.31. The van der Waals surface area contributed by atoms with Crippen LogP contribution in [0.4, 0.5) is 5.69 Å². The second-order valence-corrected chi connectivity index (χ2v) is 5.91. The lowest BCUT2D eigenvalue weighted by atomic mass is 10.0. The summed E-state index contributed by atoms with van der Waals surface area (Å²) in [7, 11) is 2.03. The van der Waals surface area contributed by atoms with Crippen molar-refractivity contribution in [3.63, 3.8) is 0 Å². The van der Waals surface area contributed by atoms with Crippen molar-refractivity contribution >= 4 is 5.69 Å². The second kappa shape index (κ2) is 5.31. The molecule has 1 aliphatic heterocycles. The maximum Gasteiger partial charge on any atom is 0.0407 e. The largest absolute Gasteiger partial charge is 0.366 e. The highest BCUT2D eigenvalue weighted by Crippen LogP contribution is 2.34. The molecule has 0 saturated carbocycles. The summed E-state index contributed by atoms with van der Waals surface area (Å²) in [5.74, 6) is 0. The summed E-state index contributed by atoms with van der Waals surface area (Å²) >= 11 is 0. The lowest BCUT2D eigenvalue weighted by Crippen LogP contribution is -2.35. The first-order chi connectivity index (χ1) is 8.52. The molecule has 2 rings (SSSR count). The molecule has 1 aromatic rings. The van der Waals surface area contributed by atoms with Crippen molar-refractivity contribution in [2.75, 3.05) is 11.9 Å². The number of hydrogen-bond donors (Lipinski definition) is 1. The number of nitrogens with one attached hydrogen (secondary N) is 1. The van der Waals surface area contributed by atoms with Gasteiger partial charge in [0.05, 0.1) is 0 Å². The second-order valence-electron chi connectivity index (χ2n) is 5.91. The molecule has 2 nitrogen and oxygen atoms in total. The topological polar surface area (TPSA) is 15.3 Å². The quantitative estimate of drug-likeness (QED) is 0.878. The van der Waals surface area contributed by atoms with E-state index in [1.807, 2.05) is 7.05 Å². The first-order valence-electron chi connectivity index (χ1n) is 7.10. The number of benzene rings is 1. The Labute approximate surface area is 111 Å². The van der Waals surface area contributed by atoms with E-state index in [1.54, 1.807) is 0 Å². The third kappa shape index (κ3) is 2.54. The molecular weight excluding hydrogens is 220 g/mol. The van der Waals surface area contributed by atoms with Crippen molar-refractivity contribution in [1.29, 1.82) is 0 Å². The van der Waals surface area contributed by atoms with Gasteiger partial charge in [0.1, 0.15) is 0 Å². The minimum absolute atomic E-state index is 0.536. The smallest absolute Gasteiger partial charge is 0.0407 e. The third-order valence-electron chi connectivity index (χ3n) is 4.01. The average Bonchev–Trinajstić information content (AvgIpc) is 2.64. The summed E-state index contributed by atoms with van der Waals surface area (Å²) in [4.78, 5) is 2.56. The summed E-state index contributed by atoms with van der Waals surface area (Å²) in [6.45, 7) is 9.13. The molecule has 0 amide bonds. The van der Waals surface area contributed by atoms with Gasteiger partial charge >= 0.3 is 0 Å². The Kier molecular flexibility index (Phi) is 3.96. The number of anilines is 1. The van der Waals surface area contributed by atoms with Gasteiger partial charge in [0, 0.05) is 23.8 Å². The van der Waals surface area contributed by atoms with E-state index in [9.17, 15) is 0 Å². The Morgan fingerprint density at radius 3 is 2.67 bits per heavy atom. The van der Waals surface area contributed by atoms with Gasteiger partial charge in [0.15, 0.2) is 0 Å². The van der Waals surface area contributed by atoms with Crippen LogP contribution in [0.5, 0.6) is 0 Å². The molecule has 18 heavy (non-hydrogen) atoms.